The molecule has 0 saturated carbocycles. The molecule has 0 fully saturated rings. The van der Waals surface area contributed by atoms with Crippen molar-refractivity contribution in [3.05, 3.63) is 105 Å². The summed E-state index contributed by atoms with van der Waals surface area (Å²) >= 11 is 0. The highest BCUT2D eigenvalue weighted by molar-refractivity contribution is 5.81. The summed E-state index contributed by atoms with van der Waals surface area (Å²) in [5, 5.41) is 0.897. The van der Waals surface area contributed by atoms with Crippen molar-refractivity contribution in [1.29, 1.82) is 0 Å². The number of ether oxygens (including phenoxy) is 2. The fraction of sp³-hybridized carbons (Fsp3) is 0.160. The van der Waals surface area contributed by atoms with E-state index in [2.05, 4.69) is 31.2 Å². The fourth-order valence-electron chi connectivity index (χ4n) is 3.36. The van der Waals surface area contributed by atoms with Crippen molar-refractivity contribution in [2.45, 2.75) is 20.0 Å². The smallest absolute Gasteiger partial charge is 0.336 e. The third kappa shape index (κ3) is 4.02. The van der Waals surface area contributed by atoms with Gasteiger partial charge in [0.2, 0.25) is 0 Å². The Morgan fingerprint density at radius 2 is 1.41 bits per heavy atom. The van der Waals surface area contributed by atoms with Crippen LogP contribution in [-0.4, -0.2) is 7.11 Å². The molecule has 0 amide bonds. The zero-order valence-corrected chi connectivity index (χ0v) is 16.6. The zero-order chi connectivity index (χ0) is 20.4. The zero-order valence-electron chi connectivity index (χ0n) is 16.6. The Balaban J connectivity index is 1.75. The maximum Gasteiger partial charge on any atom is 0.336 e. The van der Waals surface area contributed by atoms with E-state index in [0.29, 0.717) is 11.3 Å². The Kier molecular flexibility index (Phi) is 5.09. The molecule has 0 N–H and O–H groups in total. The highest BCUT2D eigenvalue weighted by atomic mass is 16.5. The van der Waals surface area contributed by atoms with E-state index in [1.807, 2.05) is 43.3 Å². The highest BCUT2D eigenvalue weighted by Gasteiger charge is 2.17. The van der Waals surface area contributed by atoms with E-state index < -0.39 is 0 Å². The predicted octanol–water partition coefficient (Wildman–Crippen LogP) is 5.59. The molecule has 0 aliphatic heterocycles. The minimum absolute atomic E-state index is 0.310. The SMILES string of the molecule is COc1ccc(C(Oc2ccc3c(C)cc(=O)oc3c2)c2ccc(C)cc2)cc1. The molecule has 0 aliphatic carbocycles. The molecule has 29 heavy (non-hydrogen) atoms. The van der Waals surface area contributed by atoms with E-state index in [9.17, 15) is 4.79 Å². The molecule has 1 heterocycles. The van der Waals surface area contributed by atoms with Crippen molar-refractivity contribution in [3.8, 4) is 11.5 Å². The van der Waals surface area contributed by atoms with Crippen molar-refractivity contribution in [3.63, 3.8) is 0 Å². The van der Waals surface area contributed by atoms with Crippen LogP contribution in [0.2, 0.25) is 0 Å². The Labute approximate surface area is 169 Å². The number of aryl methyl sites for hydroxylation is 2. The van der Waals surface area contributed by atoms with Crippen LogP contribution in [0.25, 0.3) is 11.0 Å². The lowest BCUT2D eigenvalue weighted by Crippen LogP contribution is -2.09. The number of rotatable bonds is 5. The normalized spacial score (nSPS) is 12.0. The third-order valence-corrected chi connectivity index (χ3v) is 4.98. The molecule has 1 unspecified atom stereocenters. The molecule has 146 valence electrons. The lowest BCUT2D eigenvalue weighted by Gasteiger charge is -2.21. The molecule has 4 nitrogen and oxygen atoms in total. The van der Waals surface area contributed by atoms with E-state index >= 15 is 0 Å². The summed E-state index contributed by atoms with van der Waals surface area (Å²) in [5.41, 5.74) is 4.26. The molecule has 4 heteroatoms. The minimum Gasteiger partial charge on any atom is -0.497 e. The maximum absolute atomic E-state index is 11.8. The van der Waals surface area contributed by atoms with Gasteiger partial charge in [-0.25, -0.2) is 4.79 Å². The average Bonchev–Trinajstić information content (AvgIpc) is 2.72. The molecule has 0 bridgehead atoms. The molecular formula is C25H22O4. The molecule has 1 atom stereocenters. The molecule has 4 rings (SSSR count). The first kappa shape index (κ1) is 18.8. The molecule has 0 saturated heterocycles. The van der Waals surface area contributed by atoms with E-state index in [-0.39, 0.29) is 11.7 Å². The number of hydrogen-bond donors (Lipinski definition) is 0. The van der Waals surface area contributed by atoms with Crippen LogP contribution in [0.4, 0.5) is 0 Å². The van der Waals surface area contributed by atoms with Gasteiger partial charge in [0, 0.05) is 17.5 Å². The lowest BCUT2D eigenvalue weighted by molar-refractivity contribution is 0.247. The van der Waals surface area contributed by atoms with Gasteiger partial charge in [-0.1, -0.05) is 42.0 Å². The summed E-state index contributed by atoms with van der Waals surface area (Å²) in [7, 11) is 1.65. The van der Waals surface area contributed by atoms with Crippen molar-refractivity contribution in [1.82, 2.24) is 0 Å². The monoisotopic (exact) mass is 386 g/mol. The van der Waals surface area contributed by atoms with Gasteiger partial charge in [-0.2, -0.15) is 0 Å². The summed E-state index contributed by atoms with van der Waals surface area (Å²) in [6, 6.07) is 23.2. The summed E-state index contributed by atoms with van der Waals surface area (Å²) in [5.74, 6) is 1.42. The lowest BCUT2D eigenvalue weighted by atomic mass is 10.00. The van der Waals surface area contributed by atoms with E-state index in [0.717, 1.165) is 27.8 Å². The quantitative estimate of drug-likeness (QED) is 0.420. The Bertz CT molecular complexity index is 1190. The van der Waals surface area contributed by atoms with Gasteiger partial charge in [0.25, 0.3) is 0 Å². The Morgan fingerprint density at radius 3 is 2.07 bits per heavy atom. The average molecular weight is 386 g/mol. The predicted molar refractivity (Wildman–Crippen MR) is 114 cm³/mol. The molecular weight excluding hydrogens is 364 g/mol. The highest BCUT2D eigenvalue weighted by Crippen LogP contribution is 2.31. The van der Waals surface area contributed by atoms with Crippen molar-refractivity contribution in [2.24, 2.45) is 0 Å². The summed E-state index contributed by atoms with van der Waals surface area (Å²) in [6.45, 7) is 3.95. The number of benzene rings is 3. The second-order valence-corrected chi connectivity index (χ2v) is 7.09. The molecule has 0 radical (unpaired) electrons. The van der Waals surface area contributed by atoms with Crippen molar-refractivity contribution < 1.29 is 13.9 Å². The Hall–Kier alpha value is -3.53. The van der Waals surface area contributed by atoms with Gasteiger partial charge in [0.05, 0.1) is 7.11 Å². The summed E-state index contributed by atoms with van der Waals surface area (Å²) < 4.78 is 17.0. The van der Waals surface area contributed by atoms with Crippen LogP contribution < -0.4 is 15.1 Å². The van der Waals surface area contributed by atoms with Gasteiger partial charge >= 0.3 is 5.63 Å². The van der Waals surface area contributed by atoms with Crippen LogP contribution in [0.1, 0.15) is 28.4 Å². The largest absolute Gasteiger partial charge is 0.497 e. The van der Waals surface area contributed by atoms with Crippen LogP contribution in [0.15, 0.2) is 82.0 Å². The van der Waals surface area contributed by atoms with Crippen molar-refractivity contribution in [2.75, 3.05) is 7.11 Å². The first-order valence-electron chi connectivity index (χ1n) is 9.45. The van der Waals surface area contributed by atoms with Gasteiger partial charge in [-0.3, -0.25) is 0 Å². The first-order chi connectivity index (χ1) is 14.0. The maximum atomic E-state index is 11.8. The van der Waals surface area contributed by atoms with E-state index in [4.69, 9.17) is 13.9 Å². The summed E-state index contributed by atoms with van der Waals surface area (Å²) in [6.07, 6.45) is -0.310. The molecule has 1 aromatic heterocycles. The van der Waals surface area contributed by atoms with Gasteiger partial charge in [0.15, 0.2) is 0 Å². The second-order valence-electron chi connectivity index (χ2n) is 7.09. The topological polar surface area (TPSA) is 48.7 Å². The second kappa shape index (κ2) is 7.84. The Morgan fingerprint density at radius 1 is 0.793 bits per heavy atom. The van der Waals surface area contributed by atoms with Crippen LogP contribution in [0.5, 0.6) is 11.5 Å². The minimum atomic E-state index is -0.364. The van der Waals surface area contributed by atoms with Crippen molar-refractivity contribution >= 4 is 11.0 Å². The van der Waals surface area contributed by atoms with E-state index in [1.54, 1.807) is 13.2 Å². The van der Waals surface area contributed by atoms with Crippen LogP contribution in [0.3, 0.4) is 0 Å². The van der Waals surface area contributed by atoms with Gasteiger partial charge in [-0.15, -0.1) is 0 Å². The molecule has 0 aliphatic rings. The van der Waals surface area contributed by atoms with Gasteiger partial charge < -0.3 is 13.9 Å². The third-order valence-electron chi connectivity index (χ3n) is 4.98. The number of methoxy groups -OCH3 is 1. The van der Waals surface area contributed by atoms with Crippen LogP contribution in [0, 0.1) is 13.8 Å². The molecule has 3 aromatic carbocycles. The number of fused-ring (bicyclic) bond motifs is 1. The standard InChI is InChI=1S/C25H22O4/c1-16-4-6-18(7-5-16)25(19-8-10-20(27-3)11-9-19)28-21-12-13-22-17(2)14-24(26)29-23(22)15-21/h4-15,25H,1-3H3. The number of hydrogen-bond acceptors (Lipinski definition) is 4. The van der Waals surface area contributed by atoms with Crippen LogP contribution >= 0.6 is 0 Å². The van der Waals surface area contributed by atoms with E-state index in [1.165, 1.54) is 11.6 Å². The molecule has 0 spiro atoms. The van der Waals surface area contributed by atoms with Gasteiger partial charge in [-0.05, 0) is 54.8 Å². The van der Waals surface area contributed by atoms with Gasteiger partial charge in [0.1, 0.15) is 23.2 Å². The summed E-state index contributed by atoms with van der Waals surface area (Å²) in [4.78, 5) is 11.8. The fourth-order valence-corrected chi connectivity index (χ4v) is 3.36. The first-order valence-corrected chi connectivity index (χ1v) is 9.45. The van der Waals surface area contributed by atoms with Crippen LogP contribution in [-0.2, 0) is 0 Å². The molecule has 4 aromatic rings.